The van der Waals surface area contributed by atoms with Gasteiger partial charge in [-0.05, 0) is 37.5 Å². The quantitative estimate of drug-likeness (QED) is 0.278. The number of aromatic nitrogens is 1. The Hall–Kier alpha value is -3.35. The van der Waals surface area contributed by atoms with Crippen LogP contribution in [0, 0.1) is 6.92 Å². The SMILES string of the molecule is COc1cc(C(=O)N(CCCc2ccccc2)Cc2nc(C(=O)CS(=O)(=O)N3CC(F)C3)cs2)cc(OC)c1C. The maximum atomic E-state index is 13.7. The number of Topliss-reactive ketones (excluding diaryl/α,β-unsaturated/α-hetero) is 1. The highest BCUT2D eigenvalue weighted by atomic mass is 32.2. The maximum Gasteiger partial charge on any atom is 0.254 e. The number of carbonyl (C=O) groups excluding carboxylic acids is 2. The predicted octanol–water partition coefficient (Wildman–Crippen LogP) is 3.91. The van der Waals surface area contributed by atoms with Gasteiger partial charge < -0.3 is 14.4 Å². The summed E-state index contributed by atoms with van der Waals surface area (Å²) in [6.45, 7) is 1.93. The van der Waals surface area contributed by atoms with Crippen LogP contribution < -0.4 is 9.47 Å². The monoisotopic (exact) mass is 589 g/mol. The number of alkyl halides is 1. The van der Waals surface area contributed by atoms with Gasteiger partial charge in [0.25, 0.3) is 5.91 Å². The van der Waals surface area contributed by atoms with Gasteiger partial charge in [-0.2, -0.15) is 4.31 Å². The fraction of sp³-hybridized carbons (Fsp3) is 0.393. The van der Waals surface area contributed by atoms with Crippen LogP contribution in [0.2, 0.25) is 0 Å². The third-order valence-corrected chi connectivity index (χ3v) is 9.24. The molecule has 0 saturated carbocycles. The molecule has 2 heterocycles. The van der Waals surface area contributed by atoms with E-state index in [0.29, 0.717) is 35.0 Å². The van der Waals surface area contributed by atoms with Gasteiger partial charge in [0.2, 0.25) is 10.0 Å². The zero-order valence-corrected chi connectivity index (χ0v) is 24.3. The molecule has 0 bridgehead atoms. The standard InChI is InChI=1S/C28H32FN3O6S2/c1-19-25(37-2)12-21(13-26(19)38-3)28(34)31(11-7-10-20-8-5-4-6-9-20)16-27-30-23(17-39-27)24(33)18-40(35,36)32-14-22(29)15-32/h4-6,8-9,12-13,17,22H,7,10-11,14-16,18H2,1-3H3. The van der Waals surface area contributed by atoms with Crippen LogP contribution in [-0.2, 0) is 23.0 Å². The van der Waals surface area contributed by atoms with Crippen LogP contribution in [0.1, 0.15) is 43.4 Å². The molecule has 1 fully saturated rings. The second kappa shape index (κ2) is 12.9. The fourth-order valence-electron chi connectivity index (χ4n) is 4.38. The average Bonchev–Trinajstić information content (AvgIpc) is 3.39. The number of methoxy groups -OCH3 is 2. The lowest BCUT2D eigenvalue weighted by molar-refractivity contribution is 0.0740. The molecular weight excluding hydrogens is 557 g/mol. The molecule has 214 valence electrons. The van der Waals surface area contributed by atoms with Gasteiger partial charge in [0.15, 0.2) is 5.78 Å². The highest BCUT2D eigenvalue weighted by Gasteiger charge is 2.37. The number of hydrogen-bond acceptors (Lipinski definition) is 8. The Bertz CT molecular complexity index is 1430. The number of sulfonamides is 1. The van der Waals surface area contributed by atoms with E-state index in [9.17, 15) is 22.4 Å². The molecule has 40 heavy (non-hydrogen) atoms. The zero-order valence-electron chi connectivity index (χ0n) is 22.6. The number of aryl methyl sites for hydroxylation is 1. The molecule has 0 spiro atoms. The maximum absolute atomic E-state index is 13.7. The van der Waals surface area contributed by atoms with Crippen molar-refractivity contribution in [2.45, 2.75) is 32.5 Å². The van der Waals surface area contributed by atoms with Crippen molar-refractivity contribution in [2.75, 3.05) is 39.6 Å². The molecule has 1 saturated heterocycles. The Morgan fingerprint density at radius 1 is 1.12 bits per heavy atom. The third-order valence-electron chi connectivity index (χ3n) is 6.70. The van der Waals surface area contributed by atoms with E-state index in [-0.39, 0.29) is 31.2 Å². The lowest BCUT2D eigenvalue weighted by Gasteiger charge is -2.32. The first kappa shape index (κ1) is 29.6. The minimum atomic E-state index is -3.90. The summed E-state index contributed by atoms with van der Waals surface area (Å²) in [6.07, 6.45) is 0.256. The van der Waals surface area contributed by atoms with Crippen molar-refractivity contribution in [3.63, 3.8) is 0 Å². The van der Waals surface area contributed by atoms with Crippen LogP contribution in [0.5, 0.6) is 11.5 Å². The van der Waals surface area contributed by atoms with Crippen LogP contribution >= 0.6 is 11.3 Å². The van der Waals surface area contributed by atoms with Gasteiger partial charge in [-0.3, -0.25) is 9.59 Å². The van der Waals surface area contributed by atoms with E-state index >= 15 is 0 Å². The van der Waals surface area contributed by atoms with Crippen molar-refractivity contribution >= 4 is 33.1 Å². The molecule has 1 amide bonds. The molecule has 0 unspecified atom stereocenters. The molecule has 12 heteroatoms. The lowest BCUT2D eigenvalue weighted by Crippen LogP contribution is -2.52. The summed E-state index contributed by atoms with van der Waals surface area (Å²) in [5.41, 5.74) is 2.32. The number of hydrogen-bond donors (Lipinski definition) is 0. The molecule has 3 aromatic rings. The summed E-state index contributed by atoms with van der Waals surface area (Å²) < 4.78 is 49.7. The summed E-state index contributed by atoms with van der Waals surface area (Å²) in [5, 5.41) is 1.99. The van der Waals surface area contributed by atoms with Crippen molar-refractivity contribution in [1.82, 2.24) is 14.2 Å². The number of thiazole rings is 1. The first-order chi connectivity index (χ1) is 19.1. The number of rotatable bonds is 13. The van der Waals surface area contributed by atoms with Gasteiger partial charge in [-0.15, -0.1) is 11.3 Å². The van der Waals surface area contributed by atoms with E-state index in [0.717, 1.165) is 21.9 Å². The Balaban J connectivity index is 1.51. The van der Waals surface area contributed by atoms with Gasteiger partial charge in [0.05, 0.1) is 20.8 Å². The molecule has 0 atom stereocenters. The van der Waals surface area contributed by atoms with Gasteiger partial charge >= 0.3 is 0 Å². The minimum absolute atomic E-state index is 0.0104. The van der Waals surface area contributed by atoms with E-state index < -0.39 is 27.7 Å². The molecular formula is C28H32FN3O6S2. The Labute approximate surface area is 237 Å². The minimum Gasteiger partial charge on any atom is -0.496 e. The van der Waals surface area contributed by atoms with E-state index in [4.69, 9.17) is 9.47 Å². The molecule has 1 aliphatic heterocycles. The zero-order chi connectivity index (χ0) is 28.9. The molecule has 0 radical (unpaired) electrons. The summed E-state index contributed by atoms with van der Waals surface area (Å²) >= 11 is 1.18. The van der Waals surface area contributed by atoms with Crippen LogP contribution in [0.3, 0.4) is 0 Å². The van der Waals surface area contributed by atoms with E-state index in [1.165, 1.54) is 30.9 Å². The molecule has 0 aliphatic carbocycles. The van der Waals surface area contributed by atoms with Crippen molar-refractivity contribution < 1.29 is 31.9 Å². The second-order valence-electron chi connectivity index (χ2n) is 9.54. The summed E-state index contributed by atoms with van der Waals surface area (Å²) in [5.74, 6) is -0.646. The van der Waals surface area contributed by atoms with Gasteiger partial charge in [-0.25, -0.2) is 17.8 Å². The highest BCUT2D eigenvalue weighted by Crippen LogP contribution is 2.30. The normalized spacial score (nSPS) is 14.0. The first-order valence-corrected chi connectivity index (χ1v) is 15.3. The number of nitrogens with zero attached hydrogens (tertiary/aromatic N) is 3. The summed E-state index contributed by atoms with van der Waals surface area (Å²) in [6, 6.07) is 13.3. The largest absolute Gasteiger partial charge is 0.496 e. The van der Waals surface area contributed by atoms with E-state index in [2.05, 4.69) is 4.98 Å². The molecule has 0 N–H and O–H groups in total. The van der Waals surface area contributed by atoms with Gasteiger partial charge in [-0.1, -0.05) is 30.3 Å². The predicted molar refractivity (Wildman–Crippen MR) is 150 cm³/mol. The number of ketones is 1. The summed E-state index contributed by atoms with van der Waals surface area (Å²) in [7, 11) is -0.847. The number of halogens is 1. The van der Waals surface area contributed by atoms with Crippen molar-refractivity contribution in [3.8, 4) is 11.5 Å². The second-order valence-corrected chi connectivity index (χ2v) is 12.5. The van der Waals surface area contributed by atoms with Crippen molar-refractivity contribution in [2.24, 2.45) is 0 Å². The van der Waals surface area contributed by atoms with Gasteiger partial charge in [0.1, 0.15) is 34.1 Å². The molecule has 9 nitrogen and oxygen atoms in total. The molecule has 1 aromatic heterocycles. The lowest BCUT2D eigenvalue weighted by atomic mass is 10.1. The molecule has 4 rings (SSSR count). The average molecular weight is 590 g/mol. The Morgan fingerprint density at radius 2 is 1.77 bits per heavy atom. The van der Waals surface area contributed by atoms with E-state index in [1.807, 2.05) is 37.3 Å². The van der Waals surface area contributed by atoms with Crippen LogP contribution in [0.15, 0.2) is 47.8 Å². The smallest absolute Gasteiger partial charge is 0.254 e. The van der Waals surface area contributed by atoms with Crippen LogP contribution in [0.25, 0.3) is 0 Å². The Morgan fingerprint density at radius 3 is 2.38 bits per heavy atom. The van der Waals surface area contributed by atoms with Gasteiger partial charge in [0, 0.05) is 36.1 Å². The third kappa shape index (κ3) is 7.04. The van der Waals surface area contributed by atoms with Crippen molar-refractivity contribution in [1.29, 1.82) is 0 Å². The molecule has 2 aromatic carbocycles. The van der Waals surface area contributed by atoms with Crippen LogP contribution in [-0.4, -0.2) is 80.1 Å². The topological polar surface area (TPSA) is 106 Å². The molecule has 1 aliphatic rings. The number of amides is 1. The Kier molecular flexibility index (Phi) is 9.54. The van der Waals surface area contributed by atoms with Crippen molar-refractivity contribution in [3.05, 3.63) is 75.2 Å². The summed E-state index contributed by atoms with van der Waals surface area (Å²) in [4.78, 5) is 32.4. The number of carbonyl (C=O) groups is 2. The highest BCUT2D eigenvalue weighted by molar-refractivity contribution is 7.89. The first-order valence-electron chi connectivity index (χ1n) is 12.8. The number of benzene rings is 2. The number of ether oxygens (including phenoxy) is 2. The van der Waals surface area contributed by atoms with Crippen LogP contribution in [0.4, 0.5) is 4.39 Å². The fourth-order valence-corrected chi connectivity index (χ4v) is 6.64. The van der Waals surface area contributed by atoms with E-state index in [1.54, 1.807) is 17.0 Å².